The van der Waals surface area contributed by atoms with Gasteiger partial charge in [0.1, 0.15) is 6.04 Å². The number of carbonyl (C=O) groups is 1. The number of likely N-dealkylation sites (N-methyl/N-ethyl adjacent to an activating group) is 1. The maximum atomic E-state index is 12.3. The van der Waals surface area contributed by atoms with Gasteiger partial charge in [-0.2, -0.15) is 17.4 Å². The molecule has 130 valence electrons. The average Bonchev–Trinajstić information content (AvgIpc) is 3.02. The molecule has 2 heterocycles. The first kappa shape index (κ1) is 16.7. The van der Waals surface area contributed by atoms with E-state index >= 15 is 0 Å². The lowest BCUT2D eigenvalue weighted by atomic mass is 9.99. The van der Waals surface area contributed by atoms with Crippen molar-refractivity contribution in [2.24, 2.45) is 0 Å². The summed E-state index contributed by atoms with van der Waals surface area (Å²) in [6.07, 6.45) is 1.85. The number of nitrogens with one attached hydrogen (secondary N) is 2. The van der Waals surface area contributed by atoms with Gasteiger partial charge in [-0.3, -0.25) is 4.79 Å². The van der Waals surface area contributed by atoms with Crippen LogP contribution in [0.15, 0.2) is 30.9 Å². The lowest BCUT2D eigenvalue weighted by Crippen LogP contribution is -2.57. The van der Waals surface area contributed by atoms with Crippen LogP contribution in [0, 0.1) is 0 Å². The van der Waals surface area contributed by atoms with Crippen molar-refractivity contribution >= 4 is 16.1 Å². The predicted octanol–water partition coefficient (Wildman–Crippen LogP) is 0.297. The monoisotopic (exact) mass is 353 g/mol. The minimum atomic E-state index is -3.77. The first-order valence-electron chi connectivity index (χ1n) is 7.46. The molecule has 0 radical (unpaired) electrons. The number of hydrogen-bond acceptors (Lipinski definition) is 5. The Bertz CT molecular complexity index is 764. The van der Waals surface area contributed by atoms with Gasteiger partial charge >= 0.3 is 0 Å². The standard InChI is InChI=1S/C15H19N3O5S/c1-3-6-16-15(19)12-8-11(17-24(20,21)18(12)2)10-4-5-13-14(7-10)23-9-22-13/h3-5,7,11-12,17H,1,6,8-9H2,2H3,(H,16,19). The van der Waals surface area contributed by atoms with Crippen molar-refractivity contribution in [1.29, 1.82) is 0 Å². The third-order valence-corrected chi connectivity index (χ3v) is 5.69. The second-order valence-corrected chi connectivity index (χ2v) is 7.35. The summed E-state index contributed by atoms with van der Waals surface area (Å²) >= 11 is 0. The molecule has 1 fully saturated rings. The van der Waals surface area contributed by atoms with Gasteiger partial charge in [0.15, 0.2) is 11.5 Å². The van der Waals surface area contributed by atoms with E-state index < -0.39 is 22.3 Å². The van der Waals surface area contributed by atoms with Crippen molar-refractivity contribution in [2.75, 3.05) is 20.4 Å². The van der Waals surface area contributed by atoms with Gasteiger partial charge in [-0.05, 0) is 24.1 Å². The summed E-state index contributed by atoms with van der Waals surface area (Å²) in [5.74, 6) is 0.835. The van der Waals surface area contributed by atoms with E-state index in [9.17, 15) is 13.2 Å². The van der Waals surface area contributed by atoms with Crippen LogP contribution in [0.1, 0.15) is 18.0 Å². The maximum Gasteiger partial charge on any atom is 0.280 e. The minimum absolute atomic E-state index is 0.143. The van der Waals surface area contributed by atoms with Crippen molar-refractivity contribution in [1.82, 2.24) is 14.3 Å². The molecule has 2 aliphatic heterocycles. The Morgan fingerprint density at radius 3 is 2.96 bits per heavy atom. The van der Waals surface area contributed by atoms with E-state index in [1.165, 1.54) is 7.05 Å². The third kappa shape index (κ3) is 3.10. The third-order valence-electron chi connectivity index (χ3n) is 4.09. The van der Waals surface area contributed by atoms with Gasteiger partial charge in [0, 0.05) is 13.6 Å². The van der Waals surface area contributed by atoms with E-state index in [0.29, 0.717) is 17.9 Å². The average molecular weight is 353 g/mol. The van der Waals surface area contributed by atoms with Gasteiger partial charge in [0.25, 0.3) is 10.2 Å². The zero-order valence-corrected chi connectivity index (χ0v) is 14.0. The lowest BCUT2D eigenvalue weighted by molar-refractivity contribution is -0.125. The molecule has 0 aliphatic carbocycles. The first-order valence-corrected chi connectivity index (χ1v) is 8.90. The molecule has 0 spiro atoms. The second kappa shape index (κ2) is 6.42. The first-order chi connectivity index (χ1) is 11.4. The van der Waals surface area contributed by atoms with Crippen LogP contribution in [0.5, 0.6) is 11.5 Å². The predicted molar refractivity (Wildman–Crippen MR) is 86.7 cm³/mol. The van der Waals surface area contributed by atoms with E-state index in [2.05, 4.69) is 16.6 Å². The van der Waals surface area contributed by atoms with Gasteiger partial charge in [-0.25, -0.2) is 0 Å². The molecular weight excluding hydrogens is 334 g/mol. The lowest BCUT2D eigenvalue weighted by Gasteiger charge is -2.36. The zero-order valence-electron chi connectivity index (χ0n) is 13.2. The minimum Gasteiger partial charge on any atom is -0.454 e. The van der Waals surface area contributed by atoms with Crippen molar-refractivity contribution < 1.29 is 22.7 Å². The quantitative estimate of drug-likeness (QED) is 0.759. The van der Waals surface area contributed by atoms with Crippen LogP contribution >= 0.6 is 0 Å². The summed E-state index contributed by atoms with van der Waals surface area (Å²) in [6.45, 7) is 3.96. The maximum absolute atomic E-state index is 12.3. The highest BCUT2D eigenvalue weighted by atomic mass is 32.2. The Labute approximate surface area is 140 Å². The number of hydrogen-bond donors (Lipinski definition) is 2. The molecule has 24 heavy (non-hydrogen) atoms. The Morgan fingerprint density at radius 1 is 1.46 bits per heavy atom. The molecule has 2 atom stereocenters. The van der Waals surface area contributed by atoms with Crippen LogP contribution in [0.3, 0.4) is 0 Å². The molecule has 0 aromatic heterocycles. The molecule has 1 saturated heterocycles. The van der Waals surface area contributed by atoms with Crippen molar-refractivity contribution in [3.63, 3.8) is 0 Å². The van der Waals surface area contributed by atoms with Crippen LogP contribution in [-0.4, -0.2) is 45.1 Å². The van der Waals surface area contributed by atoms with Gasteiger partial charge in [0.2, 0.25) is 12.7 Å². The Morgan fingerprint density at radius 2 is 2.21 bits per heavy atom. The zero-order chi connectivity index (χ0) is 17.3. The highest BCUT2D eigenvalue weighted by Gasteiger charge is 2.40. The molecule has 1 aromatic rings. The number of nitrogens with zero attached hydrogens (tertiary/aromatic N) is 1. The molecule has 0 saturated carbocycles. The smallest absolute Gasteiger partial charge is 0.280 e. The van der Waals surface area contributed by atoms with E-state index in [1.807, 2.05) is 0 Å². The molecule has 9 heteroatoms. The Kier molecular flexibility index (Phi) is 4.48. The SMILES string of the molecule is C=CCNC(=O)C1CC(c2ccc3c(c2)OCO3)NS(=O)(=O)N1C. The van der Waals surface area contributed by atoms with E-state index in [0.717, 1.165) is 9.87 Å². The Balaban J connectivity index is 1.86. The topological polar surface area (TPSA) is 97.0 Å². The number of carbonyl (C=O) groups excluding carboxylic acids is 1. The summed E-state index contributed by atoms with van der Waals surface area (Å²) in [5.41, 5.74) is 0.720. The van der Waals surface area contributed by atoms with Gasteiger partial charge in [-0.15, -0.1) is 6.58 Å². The van der Waals surface area contributed by atoms with Crippen molar-refractivity contribution in [3.8, 4) is 11.5 Å². The number of benzene rings is 1. The highest BCUT2D eigenvalue weighted by molar-refractivity contribution is 7.87. The summed E-state index contributed by atoms with van der Waals surface area (Å²) in [6, 6.07) is 3.91. The largest absolute Gasteiger partial charge is 0.454 e. The fourth-order valence-corrected chi connectivity index (χ4v) is 4.02. The van der Waals surface area contributed by atoms with Crippen molar-refractivity contribution in [3.05, 3.63) is 36.4 Å². The summed E-state index contributed by atoms with van der Waals surface area (Å²) in [7, 11) is -2.38. The van der Waals surface area contributed by atoms with Gasteiger partial charge in [0.05, 0.1) is 6.04 Å². The van der Waals surface area contributed by atoms with Gasteiger partial charge in [-0.1, -0.05) is 12.1 Å². The number of ether oxygens (including phenoxy) is 2. The van der Waals surface area contributed by atoms with Crippen molar-refractivity contribution in [2.45, 2.75) is 18.5 Å². The van der Waals surface area contributed by atoms with E-state index in [4.69, 9.17) is 9.47 Å². The summed E-state index contributed by atoms with van der Waals surface area (Å²) in [5, 5.41) is 2.65. The highest BCUT2D eigenvalue weighted by Crippen LogP contribution is 2.36. The van der Waals surface area contributed by atoms with Gasteiger partial charge < -0.3 is 14.8 Å². The van der Waals surface area contributed by atoms with Crippen LogP contribution < -0.4 is 19.5 Å². The molecule has 1 aromatic carbocycles. The molecule has 2 N–H and O–H groups in total. The normalized spacial score (nSPS) is 25.2. The fourth-order valence-electron chi connectivity index (χ4n) is 2.75. The van der Waals surface area contributed by atoms with Crippen LogP contribution in [0.25, 0.3) is 0 Å². The number of rotatable bonds is 4. The van der Waals surface area contributed by atoms with Crippen LogP contribution in [0.2, 0.25) is 0 Å². The Hall–Kier alpha value is -2.10. The molecule has 8 nitrogen and oxygen atoms in total. The molecule has 2 unspecified atom stereocenters. The molecular formula is C15H19N3O5S. The second-order valence-electron chi connectivity index (χ2n) is 5.59. The fraction of sp³-hybridized carbons (Fsp3) is 0.400. The molecule has 2 aliphatic rings. The molecule has 3 rings (SSSR count). The van der Waals surface area contributed by atoms with Crippen LogP contribution in [0.4, 0.5) is 0 Å². The molecule has 1 amide bonds. The number of amides is 1. The van der Waals surface area contributed by atoms with E-state index in [1.54, 1.807) is 24.3 Å². The molecule has 0 bridgehead atoms. The van der Waals surface area contributed by atoms with E-state index in [-0.39, 0.29) is 19.2 Å². The summed E-state index contributed by atoms with van der Waals surface area (Å²) < 4.78 is 38.9. The number of fused-ring (bicyclic) bond motifs is 1. The van der Waals surface area contributed by atoms with Crippen LogP contribution in [-0.2, 0) is 15.0 Å². The summed E-state index contributed by atoms with van der Waals surface area (Å²) in [4.78, 5) is 12.3.